The molecule has 0 aromatic heterocycles. The van der Waals surface area contributed by atoms with E-state index in [0.29, 0.717) is 10.9 Å². The van der Waals surface area contributed by atoms with Crippen molar-refractivity contribution < 1.29 is 18.7 Å². The van der Waals surface area contributed by atoms with E-state index >= 15 is 0 Å². The van der Waals surface area contributed by atoms with Crippen LogP contribution in [-0.4, -0.2) is 30.4 Å². The van der Waals surface area contributed by atoms with Gasteiger partial charge >= 0.3 is 5.97 Å². The Morgan fingerprint density at radius 2 is 2.30 bits per heavy atom. The van der Waals surface area contributed by atoms with Crippen LogP contribution in [0.25, 0.3) is 0 Å². The molecule has 6 nitrogen and oxygen atoms in total. The summed E-state index contributed by atoms with van der Waals surface area (Å²) in [5, 5.41) is 10.9. The predicted octanol–water partition coefficient (Wildman–Crippen LogP) is 2.33. The van der Waals surface area contributed by atoms with Gasteiger partial charge in [0.25, 0.3) is 5.91 Å². The number of hydrogen-bond donors (Lipinski definition) is 1. The zero-order valence-corrected chi connectivity index (χ0v) is 14.3. The van der Waals surface area contributed by atoms with Crippen LogP contribution in [-0.2, 0) is 19.7 Å². The van der Waals surface area contributed by atoms with Gasteiger partial charge in [0.15, 0.2) is 5.17 Å². The van der Waals surface area contributed by atoms with Gasteiger partial charge in [-0.3, -0.25) is 10.1 Å². The number of carbonyl (C=O) groups is 2. The van der Waals surface area contributed by atoms with E-state index in [2.05, 4.69) is 36.2 Å². The Morgan fingerprint density at radius 3 is 3.00 bits per heavy atom. The number of thioether (sulfide) groups is 1. The average molecular weight is 400 g/mol. The molecule has 0 unspecified atom stereocenters. The standard InChI is InChI=1S/C14H11BrFN3O3S/c1-22-12(20)5-11-13(21)18-14(23-11)19-17-7-8-2-3-10(16)4-9(8)6-15/h2-5,7H,6H2,1H3,(H,18,19,21)/b11-5+,17-7?. The van der Waals surface area contributed by atoms with Gasteiger partial charge in [-0.25, -0.2) is 9.18 Å². The van der Waals surface area contributed by atoms with Crippen molar-refractivity contribution in [2.45, 2.75) is 5.33 Å². The monoisotopic (exact) mass is 399 g/mol. The molecular weight excluding hydrogens is 389 g/mol. The fourth-order valence-corrected chi connectivity index (χ4v) is 2.83. The molecule has 1 aliphatic rings. The number of rotatable bonds is 4. The van der Waals surface area contributed by atoms with Gasteiger partial charge in [0.2, 0.25) is 0 Å². The number of nitrogens with zero attached hydrogens (tertiary/aromatic N) is 2. The molecule has 1 aromatic rings. The van der Waals surface area contributed by atoms with Crippen molar-refractivity contribution in [1.29, 1.82) is 0 Å². The lowest BCUT2D eigenvalue weighted by atomic mass is 10.1. The summed E-state index contributed by atoms with van der Waals surface area (Å²) in [5.74, 6) is -1.41. The molecule has 0 bridgehead atoms. The Bertz CT molecular complexity index is 734. The quantitative estimate of drug-likeness (QED) is 0.277. The van der Waals surface area contributed by atoms with E-state index in [9.17, 15) is 14.0 Å². The van der Waals surface area contributed by atoms with E-state index in [4.69, 9.17) is 0 Å². The van der Waals surface area contributed by atoms with E-state index in [1.807, 2.05) is 0 Å². The minimum atomic E-state index is -0.624. The molecule has 0 aliphatic carbocycles. The number of hydrogen-bond acceptors (Lipinski definition) is 6. The fraction of sp³-hybridized carbons (Fsp3) is 0.143. The van der Waals surface area contributed by atoms with E-state index in [1.54, 1.807) is 6.07 Å². The van der Waals surface area contributed by atoms with Gasteiger partial charge in [-0.15, -0.1) is 5.10 Å². The second-order valence-electron chi connectivity index (χ2n) is 4.21. The van der Waals surface area contributed by atoms with Crippen molar-refractivity contribution in [3.63, 3.8) is 0 Å². The third-order valence-corrected chi connectivity index (χ3v) is 4.20. The van der Waals surface area contributed by atoms with Gasteiger partial charge in [0, 0.05) is 11.4 Å². The van der Waals surface area contributed by atoms with Crippen molar-refractivity contribution >= 4 is 51.0 Å². The topological polar surface area (TPSA) is 80.1 Å². The summed E-state index contributed by atoms with van der Waals surface area (Å²) in [6.07, 6.45) is 2.53. The molecule has 0 spiro atoms. The van der Waals surface area contributed by atoms with Crippen LogP contribution in [0.15, 0.2) is 39.4 Å². The number of amidine groups is 1. The molecule has 23 heavy (non-hydrogen) atoms. The third kappa shape index (κ3) is 4.73. The maximum absolute atomic E-state index is 13.1. The van der Waals surface area contributed by atoms with E-state index in [1.165, 1.54) is 25.5 Å². The van der Waals surface area contributed by atoms with Gasteiger partial charge in [-0.2, -0.15) is 5.10 Å². The molecule has 1 heterocycles. The number of halogens is 2. The summed E-state index contributed by atoms with van der Waals surface area (Å²) in [7, 11) is 1.22. The summed E-state index contributed by atoms with van der Waals surface area (Å²) in [4.78, 5) is 22.9. The van der Waals surface area contributed by atoms with Crippen LogP contribution < -0.4 is 5.32 Å². The maximum Gasteiger partial charge on any atom is 0.331 e. The summed E-state index contributed by atoms with van der Waals surface area (Å²) in [6, 6.07) is 4.30. The SMILES string of the molecule is COC(=O)/C=C1/S/C(=N\N=Cc2ccc(F)cc2CBr)NC1=O. The van der Waals surface area contributed by atoms with Gasteiger partial charge < -0.3 is 4.74 Å². The van der Waals surface area contributed by atoms with Crippen molar-refractivity contribution in [3.8, 4) is 0 Å². The van der Waals surface area contributed by atoms with Gasteiger partial charge in [-0.05, 0) is 35.0 Å². The van der Waals surface area contributed by atoms with Crippen LogP contribution >= 0.6 is 27.7 Å². The zero-order chi connectivity index (χ0) is 16.8. The maximum atomic E-state index is 13.1. The molecule has 2 rings (SSSR count). The predicted molar refractivity (Wildman–Crippen MR) is 89.9 cm³/mol. The molecule has 1 aromatic carbocycles. The first kappa shape index (κ1) is 17.4. The van der Waals surface area contributed by atoms with E-state index in [0.717, 1.165) is 23.4 Å². The highest BCUT2D eigenvalue weighted by molar-refractivity contribution is 9.08. The van der Waals surface area contributed by atoms with E-state index < -0.39 is 11.9 Å². The van der Waals surface area contributed by atoms with Crippen LogP contribution in [0.1, 0.15) is 11.1 Å². The fourth-order valence-electron chi connectivity index (χ4n) is 1.60. The first-order valence-corrected chi connectivity index (χ1v) is 8.21. The molecule has 0 atom stereocenters. The lowest BCUT2D eigenvalue weighted by Gasteiger charge is -2.00. The van der Waals surface area contributed by atoms with Crippen LogP contribution in [0, 0.1) is 5.82 Å². The number of nitrogens with one attached hydrogen (secondary N) is 1. The smallest absolute Gasteiger partial charge is 0.331 e. The van der Waals surface area contributed by atoms with Gasteiger partial charge in [-0.1, -0.05) is 22.0 Å². The Labute approximate surface area is 144 Å². The molecule has 1 amide bonds. The number of amides is 1. The molecule has 1 N–H and O–H groups in total. The second-order valence-corrected chi connectivity index (χ2v) is 5.81. The molecule has 1 fully saturated rings. The Morgan fingerprint density at radius 1 is 1.52 bits per heavy atom. The molecule has 0 saturated carbocycles. The van der Waals surface area contributed by atoms with Crippen molar-refractivity contribution in [3.05, 3.63) is 46.1 Å². The number of esters is 1. The summed E-state index contributed by atoms with van der Waals surface area (Å²) >= 11 is 4.25. The number of carbonyl (C=O) groups excluding carboxylic acids is 2. The van der Waals surface area contributed by atoms with Gasteiger partial charge in [0.05, 0.1) is 18.2 Å². The molecule has 9 heteroatoms. The summed E-state index contributed by atoms with van der Waals surface area (Å²) in [5.41, 5.74) is 1.43. The van der Waals surface area contributed by atoms with Crippen molar-refractivity contribution in [2.24, 2.45) is 10.2 Å². The Kier molecular flexibility index (Phi) is 6.05. The first-order chi connectivity index (χ1) is 11.0. The van der Waals surface area contributed by atoms with Crippen molar-refractivity contribution in [2.75, 3.05) is 7.11 Å². The summed E-state index contributed by atoms with van der Waals surface area (Å²) in [6.45, 7) is 0. The highest BCUT2D eigenvalue weighted by atomic mass is 79.9. The zero-order valence-electron chi connectivity index (χ0n) is 11.9. The van der Waals surface area contributed by atoms with Crippen LogP contribution in [0.3, 0.4) is 0 Å². The largest absolute Gasteiger partial charge is 0.466 e. The molecule has 1 aliphatic heterocycles. The van der Waals surface area contributed by atoms with Crippen LogP contribution in [0.2, 0.25) is 0 Å². The number of methoxy groups -OCH3 is 1. The lowest BCUT2D eigenvalue weighted by Crippen LogP contribution is -2.19. The van der Waals surface area contributed by atoms with Crippen molar-refractivity contribution in [1.82, 2.24) is 5.32 Å². The molecular formula is C14H11BrFN3O3S. The molecule has 0 radical (unpaired) electrons. The van der Waals surface area contributed by atoms with Gasteiger partial charge in [0.1, 0.15) is 5.82 Å². The Balaban J connectivity index is 2.11. The minimum absolute atomic E-state index is 0.175. The lowest BCUT2D eigenvalue weighted by molar-refractivity contribution is -0.135. The highest BCUT2D eigenvalue weighted by Gasteiger charge is 2.24. The molecule has 120 valence electrons. The number of alkyl halides is 1. The average Bonchev–Trinajstić information content (AvgIpc) is 2.88. The van der Waals surface area contributed by atoms with E-state index in [-0.39, 0.29) is 15.9 Å². The highest BCUT2D eigenvalue weighted by Crippen LogP contribution is 2.23. The minimum Gasteiger partial charge on any atom is -0.466 e. The van der Waals surface area contributed by atoms with Crippen LogP contribution in [0.4, 0.5) is 4.39 Å². The first-order valence-electron chi connectivity index (χ1n) is 6.27. The number of ether oxygens (including phenoxy) is 1. The number of benzene rings is 1. The second kappa shape index (κ2) is 8.02. The normalized spacial score (nSPS) is 18.0. The van der Waals surface area contributed by atoms with Crippen LogP contribution in [0.5, 0.6) is 0 Å². The molecule has 1 saturated heterocycles. The third-order valence-electron chi connectivity index (χ3n) is 2.70. The Hall–Kier alpha value is -2.00. The summed E-state index contributed by atoms with van der Waals surface area (Å²) < 4.78 is 17.6.